The van der Waals surface area contributed by atoms with Gasteiger partial charge in [-0.25, -0.2) is 8.42 Å². The van der Waals surface area contributed by atoms with Crippen LogP contribution in [0.3, 0.4) is 0 Å². The number of benzene rings is 4. The summed E-state index contributed by atoms with van der Waals surface area (Å²) in [6.07, 6.45) is 0. The lowest BCUT2D eigenvalue weighted by atomic mass is 9.99. The van der Waals surface area contributed by atoms with E-state index >= 15 is 0 Å². The van der Waals surface area contributed by atoms with E-state index in [1.165, 1.54) is 0 Å². The average Bonchev–Trinajstić information content (AvgIpc) is 3.21. The van der Waals surface area contributed by atoms with Crippen LogP contribution >= 0.6 is 0 Å². The molecule has 0 atom stereocenters. The van der Waals surface area contributed by atoms with Gasteiger partial charge in [0.15, 0.2) is 0 Å². The Morgan fingerprint density at radius 3 is 1.97 bits per heavy atom. The van der Waals surface area contributed by atoms with Crippen LogP contribution in [0.2, 0.25) is 0 Å². The van der Waals surface area contributed by atoms with Gasteiger partial charge in [0.25, 0.3) is 0 Å². The third kappa shape index (κ3) is 3.16. The first-order chi connectivity index (χ1) is 17.4. The summed E-state index contributed by atoms with van der Waals surface area (Å²) >= 11 is 0. The van der Waals surface area contributed by atoms with Crippen LogP contribution in [0.4, 0.5) is 0 Å². The molecule has 6 rings (SSSR count). The number of ether oxygens (including phenoxy) is 1. The number of aryl methyl sites for hydroxylation is 2. The quantitative estimate of drug-likeness (QED) is 0.259. The molecule has 0 amide bonds. The number of aromatic nitrogens is 1. The summed E-state index contributed by atoms with van der Waals surface area (Å²) in [7, 11) is -2.28. The van der Waals surface area contributed by atoms with Gasteiger partial charge in [-0.05, 0) is 49.7 Å². The van der Waals surface area contributed by atoms with Crippen molar-refractivity contribution in [2.45, 2.75) is 23.6 Å². The lowest BCUT2D eigenvalue weighted by Gasteiger charge is -2.20. The Morgan fingerprint density at radius 2 is 1.28 bits per heavy atom. The zero-order valence-electron chi connectivity index (χ0n) is 20.3. The highest BCUT2D eigenvalue weighted by Crippen LogP contribution is 2.46. The maximum absolute atomic E-state index is 14.5. The number of nitrogens with zero attached hydrogens (tertiary/aromatic N) is 1. The number of rotatable bonds is 4. The molecule has 0 unspecified atom stereocenters. The van der Waals surface area contributed by atoms with Crippen LogP contribution in [0.25, 0.3) is 38.4 Å². The monoisotopic (exact) mass is 491 g/mol. The molecule has 5 heteroatoms. The fourth-order valence-corrected chi connectivity index (χ4v) is 6.94. The Kier molecular flexibility index (Phi) is 5.13. The summed E-state index contributed by atoms with van der Waals surface area (Å²) in [5.74, 6) is 0.625. The van der Waals surface area contributed by atoms with Gasteiger partial charge in [-0.1, -0.05) is 72.3 Å². The molecular formula is C31H25NO3S. The number of fused-ring (bicyclic) bond motifs is 5. The van der Waals surface area contributed by atoms with Gasteiger partial charge in [-0.15, -0.1) is 0 Å². The van der Waals surface area contributed by atoms with E-state index in [1.807, 2.05) is 79.7 Å². The number of hydrogen-bond acceptors (Lipinski definition) is 3. The molecule has 4 nitrogen and oxygen atoms in total. The van der Waals surface area contributed by atoms with E-state index in [9.17, 15) is 8.42 Å². The SMILES string of the molecule is COc1ccccc1-c1c(S(=O)(=O)c2ccc(C)cc2)c2ccccc2n2c1c(C)c1ccccc12. The Bertz CT molecular complexity index is 1900. The first-order valence-electron chi connectivity index (χ1n) is 11.8. The summed E-state index contributed by atoms with van der Waals surface area (Å²) in [6.45, 7) is 4.02. The summed E-state index contributed by atoms with van der Waals surface area (Å²) < 4.78 is 36.9. The fraction of sp³-hybridized carbons (Fsp3) is 0.0968. The predicted molar refractivity (Wildman–Crippen MR) is 146 cm³/mol. The summed E-state index contributed by atoms with van der Waals surface area (Å²) in [4.78, 5) is 0.567. The topological polar surface area (TPSA) is 47.8 Å². The molecule has 4 aromatic carbocycles. The van der Waals surface area contributed by atoms with Crippen LogP contribution in [-0.2, 0) is 9.84 Å². The minimum absolute atomic E-state index is 0.271. The van der Waals surface area contributed by atoms with Crippen LogP contribution in [0.1, 0.15) is 11.1 Å². The lowest BCUT2D eigenvalue weighted by molar-refractivity contribution is 0.416. The maximum atomic E-state index is 14.5. The highest BCUT2D eigenvalue weighted by atomic mass is 32.2. The van der Waals surface area contributed by atoms with Crippen molar-refractivity contribution in [3.8, 4) is 16.9 Å². The summed E-state index contributed by atoms with van der Waals surface area (Å²) in [5, 5.41) is 1.76. The van der Waals surface area contributed by atoms with Gasteiger partial charge in [0.1, 0.15) is 5.75 Å². The smallest absolute Gasteiger partial charge is 0.207 e. The average molecular weight is 492 g/mol. The van der Waals surface area contributed by atoms with Crippen molar-refractivity contribution in [1.29, 1.82) is 0 Å². The number of methoxy groups -OCH3 is 1. The number of hydrogen-bond donors (Lipinski definition) is 0. The number of sulfone groups is 1. The molecule has 0 aliphatic rings. The fourth-order valence-electron chi connectivity index (χ4n) is 5.27. The van der Waals surface area contributed by atoms with Gasteiger partial charge in [-0.3, -0.25) is 0 Å². The molecule has 0 spiro atoms. The Hall–Kier alpha value is -4.09. The Labute approximate surface area is 210 Å². The van der Waals surface area contributed by atoms with E-state index in [1.54, 1.807) is 19.2 Å². The van der Waals surface area contributed by atoms with E-state index in [4.69, 9.17) is 4.74 Å². The molecule has 178 valence electrons. The highest BCUT2D eigenvalue weighted by molar-refractivity contribution is 7.92. The zero-order chi connectivity index (χ0) is 25.0. The van der Waals surface area contributed by atoms with Gasteiger partial charge in [-0.2, -0.15) is 0 Å². The van der Waals surface area contributed by atoms with Crippen molar-refractivity contribution in [1.82, 2.24) is 4.40 Å². The van der Waals surface area contributed by atoms with Crippen molar-refractivity contribution in [3.63, 3.8) is 0 Å². The van der Waals surface area contributed by atoms with E-state index in [0.29, 0.717) is 21.6 Å². The van der Waals surface area contributed by atoms with Crippen molar-refractivity contribution >= 4 is 37.2 Å². The second kappa shape index (κ2) is 8.25. The zero-order valence-corrected chi connectivity index (χ0v) is 21.1. The molecule has 2 heterocycles. The van der Waals surface area contributed by atoms with Crippen molar-refractivity contribution in [2.75, 3.05) is 7.11 Å². The molecule has 0 saturated heterocycles. The van der Waals surface area contributed by atoms with E-state index < -0.39 is 9.84 Å². The first-order valence-corrected chi connectivity index (χ1v) is 13.3. The molecule has 0 bridgehead atoms. The Morgan fingerprint density at radius 1 is 0.694 bits per heavy atom. The molecule has 0 aliphatic carbocycles. The molecule has 6 aromatic rings. The molecule has 0 N–H and O–H groups in total. The number of para-hydroxylation sites is 3. The van der Waals surface area contributed by atoms with Gasteiger partial charge < -0.3 is 9.14 Å². The minimum Gasteiger partial charge on any atom is -0.496 e. The van der Waals surface area contributed by atoms with Gasteiger partial charge in [0.2, 0.25) is 9.84 Å². The predicted octanol–water partition coefficient (Wildman–Crippen LogP) is 7.37. The van der Waals surface area contributed by atoms with Gasteiger partial charge >= 0.3 is 0 Å². The van der Waals surface area contributed by atoms with Crippen LogP contribution in [0, 0.1) is 13.8 Å². The van der Waals surface area contributed by atoms with Crippen LogP contribution in [0.5, 0.6) is 5.75 Å². The molecule has 0 fully saturated rings. The third-order valence-corrected chi connectivity index (χ3v) is 8.81. The summed E-state index contributed by atoms with van der Waals surface area (Å²) in [5.41, 5.74) is 6.18. The first kappa shape index (κ1) is 22.4. The number of pyridine rings is 1. The molecule has 36 heavy (non-hydrogen) atoms. The molecule has 0 saturated carbocycles. The normalized spacial score (nSPS) is 12.0. The molecule has 2 aromatic heterocycles. The second-order valence-electron chi connectivity index (χ2n) is 9.06. The molecular weight excluding hydrogens is 466 g/mol. The molecule has 0 radical (unpaired) electrons. The van der Waals surface area contributed by atoms with Crippen molar-refractivity contribution < 1.29 is 13.2 Å². The van der Waals surface area contributed by atoms with E-state index in [0.717, 1.165) is 38.6 Å². The summed E-state index contributed by atoms with van der Waals surface area (Å²) in [6, 6.07) is 30.7. The minimum atomic E-state index is -3.90. The van der Waals surface area contributed by atoms with Gasteiger partial charge in [0, 0.05) is 21.9 Å². The van der Waals surface area contributed by atoms with E-state index in [2.05, 4.69) is 23.5 Å². The second-order valence-corrected chi connectivity index (χ2v) is 11.0. The largest absolute Gasteiger partial charge is 0.496 e. The van der Waals surface area contributed by atoms with Crippen LogP contribution in [0.15, 0.2) is 107 Å². The third-order valence-electron chi connectivity index (χ3n) is 6.96. The highest BCUT2D eigenvalue weighted by Gasteiger charge is 2.30. The van der Waals surface area contributed by atoms with Crippen molar-refractivity contribution in [3.05, 3.63) is 108 Å². The van der Waals surface area contributed by atoms with Gasteiger partial charge in [0.05, 0.1) is 33.5 Å². The molecule has 0 aliphatic heterocycles. The lowest BCUT2D eigenvalue weighted by Crippen LogP contribution is -2.08. The van der Waals surface area contributed by atoms with Crippen LogP contribution < -0.4 is 4.74 Å². The van der Waals surface area contributed by atoms with Crippen LogP contribution in [-0.4, -0.2) is 19.9 Å². The maximum Gasteiger partial charge on any atom is 0.207 e. The van der Waals surface area contributed by atoms with Crippen molar-refractivity contribution in [2.24, 2.45) is 0 Å². The van der Waals surface area contributed by atoms with E-state index in [-0.39, 0.29) is 4.90 Å². The Balaban J connectivity index is 1.93. The standard InChI is InChI=1S/C31H25NO3S/c1-20-16-18-22(19-17-20)36(33,34)31-24-11-5-8-14-27(24)32-26-13-7-4-10-23(26)21(2)30(32)29(31)25-12-6-9-15-28(25)35-3/h4-19H,1-3H3.